The minimum absolute atomic E-state index is 0.133. The molecule has 1 N–H and O–H groups in total. The zero-order valence-corrected chi connectivity index (χ0v) is 20.2. The molecule has 0 aliphatic rings. The van der Waals surface area contributed by atoms with Crippen LogP contribution in [0.15, 0.2) is 58.5 Å². The Kier molecular flexibility index (Phi) is 9.47. The third-order valence-corrected chi connectivity index (χ3v) is 6.10. The van der Waals surface area contributed by atoms with E-state index in [-0.39, 0.29) is 17.2 Å². The molecule has 1 heterocycles. The van der Waals surface area contributed by atoms with E-state index in [9.17, 15) is 9.59 Å². The summed E-state index contributed by atoms with van der Waals surface area (Å²) in [6, 6.07) is 15.0. The molecule has 1 amide bonds. The number of amides is 1. The van der Waals surface area contributed by atoms with Crippen molar-refractivity contribution in [2.75, 3.05) is 24.3 Å². The number of rotatable bonds is 12. The van der Waals surface area contributed by atoms with E-state index in [0.717, 1.165) is 17.7 Å². The lowest BCUT2D eigenvalue weighted by atomic mass is 10.1. The smallest absolute Gasteiger partial charge is 0.262 e. The molecule has 0 spiro atoms. The van der Waals surface area contributed by atoms with E-state index in [4.69, 9.17) is 9.47 Å². The van der Waals surface area contributed by atoms with Gasteiger partial charge in [0, 0.05) is 31.9 Å². The summed E-state index contributed by atoms with van der Waals surface area (Å²) < 4.78 is 12.9. The lowest BCUT2D eigenvalue weighted by molar-refractivity contribution is -0.141. The number of aromatic nitrogens is 2. The summed E-state index contributed by atoms with van der Waals surface area (Å²) in [5, 5.41) is 4.02. The van der Waals surface area contributed by atoms with E-state index in [2.05, 4.69) is 17.2 Å². The van der Waals surface area contributed by atoms with Crippen molar-refractivity contribution in [3.8, 4) is 0 Å². The molecule has 7 nitrogen and oxygen atoms in total. The number of nitrogens with zero attached hydrogens (tertiary/aromatic N) is 2. The number of aryl methyl sites for hydroxylation is 1. The summed E-state index contributed by atoms with van der Waals surface area (Å²) in [5.74, 6) is -0.000212. The second kappa shape index (κ2) is 12.5. The van der Waals surface area contributed by atoms with Gasteiger partial charge in [-0.3, -0.25) is 14.2 Å². The standard InChI is InChI=1S/C25H31N3O4S/c1-4-18-11-7-9-13-20(18)26-22(29)17-33-25-27-21-14-10-8-12-19(21)24(30)28(25)16-15-23(31-5-2)32-6-3/h7-14,23H,4-6,15-17H2,1-3H3,(H,26,29). The molecule has 8 heteroatoms. The molecule has 0 aliphatic carbocycles. The van der Waals surface area contributed by atoms with E-state index in [1.807, 2.05) is 56.3 Å². The molecule has 1 aromatic heterocycles. The number of thioether (sulfide) groups is 1. The molecule has 3 aromatic rings. The lowest BCUT2D eigenvalue weighted by Gasteiger charge is -2.19. The fourth-order valence-electron chi connectivity index (χ4n) is 3.54. The number of hydrogen-bond acceptors (Lipinski definition) is 6. The van der Waals surface area contributed by atoms with Crippen molar-refractivity contribution in [1.29, 1.82) is 0 Å². The monoisotopic (exact) mass is 469 g/mol. The largest absolute Gasteiger partial charge is 0.353 e. The van der Waals surface area contributed by atoms with Crippen LogP contribution in [0.3, 0.4) is 0 Å². The Morgan fingerprint density at radius 3 is 2.48 bits per heavy atom. The highest BCUT2D eigenvalue weighted by Gasteiger charge is 2.16. The normalized spacial score (nSPS) is 11.3. The predicted molar refractivity (Wildman–Crippen MR) is 133 cm³/mol. The van der Waals surface area contributed by atoms with Crippen molar-refractivity contribution in [2.24, 2.45) is 0 Å². The third-order valence-electron chi connectivity index (χ3n) is 5.12. The van der Waals surface area contributed by atoms with Gasteiger partial charge in [-0.2, -0.15) is 0 Å². The fraction of sp³-hybridized carbons (Fsp3) is 0.400. The maximum atomic E-state index is 13.2. The van der Waals surface area contributed by atoms with Gasteiger partial charge in [0.1, 0.15) is 0 Å². The second-order valence-electron chi connectivity index (χ2n) is 7.34. The summed E-state index contributed by atoms with van der Waals surface area (Å²) in [6.07, 6.45) is 0.937. The summed E-state index contributed by atoms with van der Waals surface area (Å²) in [4.78, 5) is 30.6. The van der Waals surface area contributed by atoms with Gasteiger partial charge in [-0.15, -0.1) is 0 Å². The van der Waals surface area contributed by atoms with Crippen LogP contribution in [0.25, 0.3) is 10.9 Å². The molecule has 176 valence electrons. The first-order valence-electron chi connectivity index (χ1n) is 11.3. The van der Waals surface area contributed by atoms with Gasteiger partial charge >= 0.3 is 0 Å². The number of carbonyl (C=O) groups is 1. The lowest BCUT2D eigenvalue weighted by Crippen LogP contribution is -2.27. The number of nitrogens with one attached hydrogen (secondary N) is 1. The predicted octanol–water partition coefficient (Wildman–Crippen LogP) is 4.48. The molecule has 0 saturated heterocycles. The first kappa shape index (κ1) is 25.0. The van der Waals surface area contributed by atoms with Gasteiger partial charge in [0.25, 0.3) is 5.56 Å². The van der Waals surface area contributed by atoms with E-state index < -0.39 is 6.29 Å². The zero-order chi connectivity index (χ0) is 23.6. The quantitative estimate of drug-likeness (QED) is 0.239. The average Bonchev–Trinajstić information content (AvgIpc) is 2.83. The molecule has 0 unspecified atom stereocenters. The van der Waals surface area contributed by atoms with E-state index in [1.54, 1.807) is 10.6 Å². The summed E-state index contributed by atoms with van der Waals surface area (Å²) >= 11 is 1.25. The number of fused-ring (bicyclic) bond motifs is 1. The molecule has 0 atom stereocenters. The number of ether oxygens (including phenoxy) is 2. The first-order chi connectivity index (χ1) is 16.1. The van der Waals surface area contributed by atoms with Crippen molar-refractivity contribution < 1.29 is 14.3 Å². The van der Waals surface area contributed by atoms with Gasteiger partial charge < -0.3 is 14.8 Å². The van der Waals surface area contributed by atoms with E-state index >= 15 is 0 Å². The molecule has 0 saturated carbocycles. The van der Waals surface area contributed by atoms with Crippen LogP contribution in [-0.2, 0) is 27.2 Å². The van der Waals surface area contributed by atoms with Crippen LogP contribution in [0, 0.1) is 0 Å². The Morgan fingerprint density at radius 1 is 1.06 bits per heavy atom. The van der Waals surface area contributed by atoms with E-state index in [0.29, 0.717) is 42.2 Å². The number of hydrogen-bond donors (Lipinski definition) is 1. The molecule has 33 heavy (non-hydrogen) atoms. The molecule has 0 bridgehead atoms. The van der Waals surface area contributed by atoms with Crippen molar-refractivity contribution in [1.82, 2.24) is 9.55 Å². The van der Waals surface area contributed by atoms with Crippen LogP contribution in [-0.4, -0.2) is 40.7 Å². The van der Waals surface area contributed by atoms with Gasteiger partial charge in [0.15, 0.2) is 11.4 Å². The summed E-state index contributed by atoms with van der Waals surface area (Å²) in [5.41, 5.74) is 2.37. The van der Waals surface area contributed by atoms with Crippen LogP contribution in [0.2, 0.25) is 0 Å². The maximum Gasteiger partial charge on any atom is 0.262 e. The van der Waals surface area contributed by atoms with Crippen LogP contribution >= 0.6 is 11.8 Å². The number of carbonyl (C=O) groups excluding carboxylic acids is 1. The fourth-order valence-corrected chi connectivity index (χ4v) is 4.37. The molecular formula is C25H31N3O4S. The molecular weight excluding hydrogens is 438 g/mol. The third kappa shape index (κ3) is 6.66. The van der Waals surface area contributed by atoms with Crippen molar-refractivity contribution >= 4 is 34.3 Å². The van der Waals surface area contributed by atoms with Crippen LogP contribution in [0.4, 0.5) is 5.69 Å². The summed E-state index contributed by atoms with van der Waals surface area (Å²) in [6.45, 7) is 7.30. The minimum Gasteiger partial charge on any atom is -0.353 e. The Morgan fingerprint density at radius 2 is 1.76 bits per heavy atom. The van der Waals surface area contributed by atoms with Gasteiger partial charge in [-0.05, 0) is 44.0 Å². The van der Waals surface area contributed by atoms with Crippen molar-refractivity contribution in [3.05, 3.63) is 64.4 Å². The highest BCUT2D eigenvalue weighted by molar-refractivity contribution is 7.99. The van der Waals surface area contributed by atoms with Gasteiger partial charge in [0.05, 0.1) is 16.7 Å². The Labute approximate surface area is 198 Å². The topological polar surface area (TPSA) is 82.5 Å². The van der Waals surface area contributed by atoms with Crippen LogP contribution < -0.4 is 10.9 Å². The minimum atomic E-state index is -0.398. The van der Waals surface area contributed by atoms with E-state index in [1.165, 1.54) is 11.8 Å². The average molecular weight is 470 g/mol. The maximum absolute atomic E-state index is 13.2. The molecule has 0 aliphatic heterocycles. The SMILES string of the molecule is CCOC(CCn1c(SCC(=O)Nc2ccccc2CC)nc2ccccc2c1=O)OCC. The molecule has 3 rings (SSSR count). The Bertz CT molecular complexity index is 1130. The van der Waals surface area contributed by atoms with Crippen LogP contribution in [0.5, 0.6) is 0 Å². The number of para-hydroxylation sites is 2. The number of anilines is 1. The molecule has 0 fully saturated rings. The van der Waals surface area contributed by atoms with Gasteiger partial charge in [-0.25, -0.2) is 4.98 Å². The highest BCUT2D eigenvalue weighted by atomic mass is 32.2. The zero-order valence-electron chi connectivity index (χ0n) is 19.4. The molecule has 0 radical (unpaired) electrons. The Balaban J connectivity index is 1.80. The Hall–Kier alpha value is -2.68. The summed E-state index contributed by atoms with van der Waals surface area (Å²) in [7, 11) is 0. The second-order valence-corrected chi connectivity index (χ2v) is 8.29. The highest BCUT2D eigenvalue weighted by Crippen LogP contribution is 2.20. The first-order valence-corrected chi connectivity index (χ1v) is 12.3. The van der Waals surface area contributed by atoms with Gasteiger partial charge in [0.2, 0.25) is 5.91 Å². The van der Waals surface area contributed by atoms with Crippen molar-refractivity contribution in [3.63, 3.8) is 0 Å². The number of benzene rings is 2. The van der Waals surface area contributed by atoms with Gasteiger partial charge in [-0.1, -0.05) is 49.0 Å². The van der Waals surface area contributed by atoms with Crippen LogP contribution in [0.1, 0.15) is 32.8 Å². The molecule has 2 aromatic carbocycles. The van der Waals surface area contributed by atoms with Crippen molar-refractivity contribution in [2.45, 2.75) is 51.6 Å².